The van der Waals surface area contributed by atoms with Crippen molar-refractivity contribution >= 4 is 23.2 Å². The highest BCUT2D eigenvalue weighted by molar-refractivity contribution is 6.05. The van der Waals surface area contributed by atoms with E-state index in [2.05, 4.69) is 10.6 Å². The van der Waals surface area contributed by atoms with Gasteiger partial charge in [0.2, 0.25) is 5.91 Å². The van der Waals surface area contributed by atoms with E-state index < -0.39 is 5.91 Å². The number of carbonyl (C=O) groups is 2. The Balaban J connectivity index is 1.44. The van der Waals surface area contributed by atoms with Crippen LogP contribution in [0.5, 0.6) is 0 Å². The summed E-state index contributed by atoms with van der Waals surface area (Å²) in [6, 6.07) is 16.1. The fraction of sp³-hybridized carbons (Fsp3) is 0.370. The van der Waals surface area contributed by atoms with Gasteiger partial charge in [-0.05, 0) is 49.6 Å². The number of para-hydroxylation sites is 1. The fourth-order valence-electron chi connectivity index (χ4n) is 4.67. The Morgan fingerprint density at radius 3 is 2.44 bits per heavy atom. The van der Waals surface area contributed by atoms with Gasteiger partial charge in [-0.1, -0.05) is 56.4 Å². The molecule has 1 aromatic heterocycles. The molecule has 7 nitrogen and oxygen atoms in total. The Kier molecular flexibility index (Phi) is 7.30. The van der Waals surface area contributed by atoms with Crippen LogP contribution >= 0.6 is 0 Å². The van der Waals surface area contributed by atoms with Gasteiger partial charge in [-0.15, -0.1) is 0 Å². The molecule has 0 aliphatic heterocycles. The van der Waals surface area contributed by atoms with Gasteiger partial charge in [0.05, 0.1) is 11.4 Å². The number of aromatic nitrogens is 2. The lowest BCUT2D eigenvalue weighted by Gasteiger charge is -2.21. The highest BCUT2D eigenvalue weighted by atomic mass is 16.2. The minimum absolute atomic E-state index is 0.0345. The van der Waals surface area contributed by atoms with Crippen LogP contribution in [0.1, 0.15) is 61.0 Å². The lowest BCUT2D eigenvalue weighted by atomic mass is 9.86. The molecule has 1 heterocycles. The SMILES string of the molecule is Cc1c(NC(=O)c2cccc(NC(=O)CCC3CCCCC3)c2)c(=O)n(-c2ccccc2)n1C. The molecule has 0 spiro atoms. The quantitative estimate of drug-likeness (QED) is 0.518. The van der Waals surface area contributed by atoms with Crippen molar-refractivity contribution in [2.45, 2.75) is 51.9 Å². The van der Waals surface area contributed by atoms with Crippen LogP contribution in [0.2, 0.25) is 0 Å². The standard InChI is InChI=1S/C27H32N4O3/c1-19-25(27(34)31(30(19)2)23-14-7-4-8-15-23)29-26(33)21-12-9-13-22(18-21)28-24(32)17-16-20-10-5-3-6-11-20/h4,7-9,12-15,18,20H,3,5-6,10-11,16-17H2,1-2H3,(H,28,32)(H,29,33). The summed E-state index contributed by atoms with van der Waals surface area (Å²) in [5.74, 6) is 0.211. The van der Waals surface area contributed by atoms with Gasteiger partial charge in [-0.25, -0.2) is 4.68 Å². The van der Waals surface area contributed by atoms with Crippen molar-refractivity contribution in [1.29, 1.82) is 0 Å². The van der Waals surface area contributed by atoms with Crippen molar-refractivity contribution in [2.75, 3.05) is 10.6 Å². The van der Waals surface area contributed by atoms with Crippen LogP contribution in [0.15, 0.2) is 59.4 Å². The van der Waals surface area contributed by atoms with Crippen molar-refractivity contribution in [3.05, 3.63) is 76.2 Å². The second-order valence-electron chi connectivity index (χ2n) is 9.06. The van der Waals surface area contributed by atoms with Gasteiger partial charge in [0.25, 0.3) is 11.5 Å². The first-order valence-corrected chi connectivity index (χ1v) is 12.0. The van der Waals surface area contributed by atoms with Crippen molar-refractivity contribution in [2.24, 2.45) is 13.0 Å². The van der Waals surface area contributed by atoms with Crippen LogP contribution < -0.4 is 16.2 Å². The largest absolute Gasteiger partial charge is 0.326 e. The summed E-state index contributed by atoms with van der Waals surface area (Å²) in [6.45, 7) is 1.79. The van der Waals surface area contributed by atoms with Crippen LogP contribution in [-0.4, -0.2) is 21.2 Å². The van der Waals surface area contributed by atoms with E-state index in [1.54, 1.807) is 42.9 Å². The van der Waals surface area contributed by atoms with Gasteiger partial charge in [0.15, 0.2) is 0 Å². The second kappa shape index (κ2) is 10.5. The third kappa shape index (κ3) is 5.30. The van der Waals surface area contributed by atoms with Gasteiger partial charge in [-0.2, -0.15) is 0 Å². The summed E-state index contributed by atoms with van der Waals surface area (Å²) in [5, 5.41) is 5.68. The zero-order valence-corrected chi connectivity index (χ0v) is 19.8. The molecule has 0 unspecified atom stereocenters. The van der Waals surface area contributed by atoms with E-state index in [0.717, 1.165) is 12.1 Å². The predicted octanol–water partition coefficient (Wildman–Crippen LogP) is 5.04. The number of benzene rings is 2. The molecule has 2 amide bonds. The molecule has 34 heavy (non-hydrogen) atoms. The van der Waals surface area contributed by atoms with Crippen molar-refractivity contribution < 1.29 is 9.59 Å². The number of hydrogen-bond donors (Lipinski definition) is 2. The maximum Gasteiger partial charge on any atom is 0.295 e. The van der Waals surface area contributed by atoms with Crippen LogP contribution in [-0.2, 0) is 11.8 Å². The number of rotatable bonds is 7. The third-order valence-electron chi connectivity index (χ3n) is 6.71. The molecule has 3 aromatic rings. The smallest absolute Gasteiger partial charge is 0.295 e. The average molecular weight is 461 g/mol. The molecule has 1 saturated carbocycles. The fourth-order valence-corrected chi connectivity index (χ4v) is 4.67. The van der Waals surface area contributed by atoms with E-state index in [0.29, 0.717) is 29.3 Å². The average Bonchev–Trinajstić information content (AvgIpc) is 3.07. The Bertz CT molecular complexity index is 1220. The number of amides is 2. The molecule has 0 atom stereocenters. The highest BCUT2D eigenvalue weighted by Gasteiger charge is 2.19. The molecule has 2 N–H and O–H groups in total. The molecule has 1 aliphatic rings. The molecular formula is C27H32N4O3. The summed E-state index contributed by atoms with van der Waals surface area (Å²) in [7, 11) is 1.78. The maximum absolute atomic E-state index is 13.1. The predicted molar refractivity (Wildman–Crippen MR) is 135 cm³/mol. The lowest BCUT2D eigenvalue weighted by molar-refractivity contribution is -0.116. The summed E-state index contributed by atoms with van der Waals surface area (Å²) in [4.78, 5) is 38.5. The molecule has 0 saturated heterocycles. The summed E-state index contributed by atoms with van der Waals surface area (Å²) in [6.07, 6.45) is 7.67. The van der Waals surface area contributed by atoms with Gasteiger partial charge < -0.3 is 10.6 Å². The molecule has 1 fully saturated rings. The first-order chi connectivity index (χ1) is 16.4. The van der Waals surface area contributed by atoms with Crippen molar-refractivity contribution in [3.8, 4) is 5.69 Å². The molecule has 0 bridgehead atoms. The lowest BCUT2D eigenvalue weighted by Crippen LogP contribution is -2.23. The van der Waals surface area contributed by atoms with E-state index in [1.807, 2.05) is 30.3 Å². The first kappa shape index (κ1) is 23.5. The molecule has 1 aliphatic carbocycles. The molecule has 2 aromatic carbocycles. The van der Waals surface area contributed by atoms with Crippen molar-refractivity contribution in [1.82, 2.24) is 9.36 Å². The van der Waals surface area contributed by atoms with Crippen LogP contribution in [0.4, 0.5) is 11.4 Å². The van der Waals surface area contributed by atoms with E-state index in [-0.39, 0.29) is 17.2 Å². The monoisotopic (exact) mass is 460 g/mol. The zero-order valence-electron chi connectivity index (χ0n) is 19.8. The Hall–Kier alpha value is -3.61. The zero-order chi connectivity index (χ0) is 24.1. The van der Waals surface area contributed by atoms with Gasteiger partial charge in [0, 0.05) is 24.7 Å². The topological polar surface area (TPSA) is 85.1 Å². The third-order valence-corrected chi connectivity index (χ3v) is 6.71. The highest BCUT2D eigenvalue weighted by Crippen LogP contribution is 2.27. The van der Waals surface area contributed by atoms with Gasteiger partial charge in [0.1, 0.15) is 5.69 Å². The van der Waals surface area contributed by atoms with E-state index in [1.165, 1.54) is 36.8 Å². The van der Waals surface area contributed by atoms with E-state index in [4.69, 9.17) is 0 Å². The minimum atomic E-state index is -0.399. The van der Waals surface area contributed by atoms with E-state index in [9.17, 15) is 14.4 Å². The second-order valence-corrected chi connectivity index (χ2v) is 9.06. The molecule has 4 rings (SSSR count). The van der Waals surface area contributed by atoms with Crippen LogP contribution in [0.25, 0.3) is 5.69 Å². The first-order valence-electron chi connectivity index (χ1n) is 12.0. The summed E-state index contributed by atoms with van der Waals surface area (Å²) < 4.78 is 3.24. The Morgan fingerprint density at radius 2 is 1.71 bits per heavy atom. The number of carbonyl (C=O) groups excluding carboxylic acids is 2. The number of nitrogens with zero attached hydrogens (tertiary/aromatic N) is 2. The van der Waals surface area contributed by atoms with Gasteiger partial charge in [-0.3, -0.25) is 19.1 Å². The van der Waals surface area contributed by atoms with Gasteiger partial charge >= 0.3 is 0 Å². The number of nitrogens with one attached hydrogen (secondary N) is 2. The van der Waals surface area contributed by atoms with Crippen LogP contribution in [0.3, 0.4) is 0 Å². The minimum Gasteiger partial charge on any atom is -0.326 e. The summed E-state index contributed by atoms with van der Waals surface area (Å²) >= 11 is 0. The normalized spacial score (nSPS) is 14.1. The Labute approximate surface area is 199 Å². The maximum atomic E-state index is 13.1. The molecule has 178 valence electrons. The Morgan fingerprint density at radius 1 is 0.971 bits per heavy atom. The molecule has 7 heteroatoms. The summed E-state index contributed by atoms with van der Waals surface area (Å²) in [5.41, 5.74) is 2.25. The van der Waals surface area contributed by atoms with Crippen LogP contribution in [0, 0.1) is 12.8 Å². The number of anilines is 2. The van der Waals surface area contributed by atoms with E-state index >= 15 is 0 Å². The molecule has 0 radical (unpaired) electrons. The molecular weight excluding hydrogens is 428 g/mol. The van der Waals surface area contributed by atoms with Crippen molar-refractivity contribution in [3.63, 3.8) is 0 Å². The number of hydrogen-bond acceptors (Lipinski definition) is 3.